The zero-order valence-corrected chi connectivity index (χ0v) is 6.94. The van der Waals surface area contributed by atoms with Gasteiger partial charge >= 0.3 is 0 Å². The van der Waals surface area contributed by atoms with Crippen molar-refractivity contribution >= 4 is 11.6 Å². The van der Waals surface area contributed by atoms with E-state index in [1.165, 1.54) is 0 Å². The van der Waals surface area contributed by atoms with Gasteiger partial charge in [0.05, 0.1) is 0 Å². The minimum atomic E-state index is -0.0862. The van der Waals surface area contributed by atoms with E-state index in [4.69, 9.17) is 11.6 Å². The normalized spacial score (nSPS) is 12.0. The van der Waals surface area contributed by atoms with Gasteiger partial charge in [-0.15, -0.1) is 5.10 Å². The van der Waals surface area contributed by atoms with Gasteiger partial charge in [-0.25, -0.2) is 0 Å². The van der Waals surface area contributed by atoms with Gasteiger partial charge in [-0.3, -0.25) is 0 Å². The summed E-state index contributed by atoms with van der Waals surface area (Å²) in [7, 11) is 0. The average molecular weight is 161 g/mol. The highest BCUT2D eigenvalue weighted by Gasteiger charge is 2.22. The molecular weight excluding hydrogens is 152 g/mol. The average Bonchev–Trinajstić information content (AvgIpc) is 2.11. The molecule has 0 aliphatic rings. The monoisotopic (exact) mass is 160 g/mol. The number of aromatic nitrogens is 2. The summed E-state index contributed by atoms with van der Waals surface area (Å²) in [6, 6.07) is 0. The van der Waals surface area contributed by atoms with E-state index in [9.17, 15) is 0 Å². The van der Waals surface area contributed by atoms with E-state index < -0.39 is 0 Å². The molecule has 3 nitrogen and oxygen atoms in total. The summed E-state index contributed by atoms with van der Waals surface area (Å²) < 4.78 is 4.60. The molecule has 1 aromatic heterocycles. The summed E-state index contributed by atoms with van der Waals surface area (Å²) in [6.07, 6.45) is 0. The summed E-state index contributed by atoms with van der Waals surface area (Å²) in [4.78, 5) is 0. The van der Waals surface area contributed by atoms with Gasteiger partial charge in [-0.05, 0) is 11.6 Å². The van der Waals surface area contributed by atoms with Crippen molar-refractivity contribution in [2.45, 2.75) is 26.2 Å². The Bertz CT molecular complexity index is 226. The van der Waals surface area contributed by atoms with Crippen LogP contribution in [0.3, 0.4) is 0 Å². The molecule has 0 aliphatic heterocycles. The fourth-order valence-corrected chi connectivity index (χ4v) is 0.977. The molecule has 0 aromatic carbocycles. The highest BCUT2D eigenvalue weighted by molar-refractivity contribution is 6.29. The summed E-state index contributed by atoms with van der Waals surface area (Å²) in [5.41, 5.74) is 0.617. The van der Waals surface area contributed by atoms with Crippen LogP contribution in [0.4, 0.5) is 0 Å². The lowest BCUT2D eigenvalue weighted by Gasteiger charge is -2.12. The molecule has 0 spiro atoms. The smallest absolute Gasteiger partial charge is 0.250 e. The van der Waals surface area contributed by atoms with Gasteiger partial charge in [0.25, 0.3) is 0 Å². The number of nitrogens with zero attached hydrogens (tertiary/aromatic N) is 2. The van der Waals surface area contributed by atoms with Crippen LogP contribution in [-0.2, 0) is 5.41 Å². The topological polar surface area (TPSA) is 38.9 Å². The first kappa shape index (κ1) is 7.54. The maximum atomic E-state index is 5.63. The number of hydrogen-bond donors (Lipinski definition) is 0. The predicted octanol–water partition coefficient (Wildman–Crippen LogP) is 2.02. The maximum absolute atomic E-state index is 5.63. The molecule has 1 aromatic rings. The number of hydrogen-bond acceptors (Lipinski definition) is 3. The van der Waals surface area contributed by atoms with Crippen molar-refractivity contribution in [3.8, 4) is 0 Å². The molecule has 1 heterocycles. The lowest BCUT2D eigenvalue weighted by Crippen LogP contribution is -2.12. The van der Waals surface area contributed by atoms with Crippen molar-refractivity contribution < 1.29 is 4.52 Å². The first-order valence-corrected chi connectivity index (χ1v) is 3.38. The van der Waals surface area contributed by atoms with Gasteiger partial charge < -0.3 is 4.52 Å². The quantitative estimate of drug-likeness (QED) is 0.583. The van der Waals surface area contributed by atoms with E-state index in [0.717, 1.165) is 0 Å². The van der Waals surface area contributed by atoms with Crippen LogP contribution >= 0.6 is 11.6 Å². The van der Waals surface area contributed by atoms with Gasteiger partial charge in [0.1, 0.15) is 5.69 Å². The zero-order chi connectivity index (χ0) is 7.78. The molecule has 0 unspecified atom stereocenters. The van der Waals surface area contributed by atoms with Crippen molar-refractivity contribution in [3.05, 3.63) is 10.9 Å². The van der Waals surface area contributed by atoms with Crippen LogP contribution in [0.15, 0.2) is 4.52 Å². The minimum absolute atomic E-state index is 0.0862. The third-order valence-electron chi connectivity index (χ3n) is 1.16. The van der Waals surface area contributed by atoms with Crippen molar-refractivity contribution in [2.24, 2.45) is 0 Å². The highest BCUT2D eigenvalue weighted by atomic mass is 35.5. The van der Waals surface area contributed by atoms with Crippen molar-refractivity contribution in [1.82, 2.24) is 10.4 Å². The van der Waals surface area contributed by atoms with Crippen LogP contribution in [0.1, 0.15) is 26.5 Å². The molecule has 0 radical (unpaired) electrons. The van der Waals surface area contributed by atoms with Gasteiger partial charge in [-0.2, -0.15) is 0 Å². The van der Waals surface area contributed by atoms with E-state index in [1.54, 1.807) is 0 Å². The summed E-state index contributed by atoms with van der Waals surface area (Å²) in [5, 5.41) is 7.35. The molecule has 1 rings (SSSR count). The zero-order valence-electron chi connectivity index (χ0n) is 6.18. The maximum Gasteiger partial charge on any atom is 0.250 e. The Labute approximate surface area is 64.3 Å². The molecule has 4 heteroatoms. The molecule has 0 N–H and O–H groups in total. The Morgan fingerprint density at radius 3 is 2.20 bits per heavy atom. The Morgan fingerprint density at radius 1 is 1.40 bits per heavy atom. The third kappa shape index (κ3) is 1.29. The predicted molar refractivity (Wildman–Crippen MR) is 38.0 cm³/mol. The van der Waals surface area contributed by atoms with Crippen LogP contribution in [-0.4, -0.2) is 10.4 Å². The second-order valence-corrected chi connectivity index (χ2v) is 3.49. The second-order valence-electron chi connectivity index (χ2n) is 3.15. The van der Waals surface area contributed by atoms with Gasteiger partial charge in [0.15, 0.2) is 0 Å². The van der Waals surface area contributed by atoms with Crippen LogP contribution in [0, 0.1) is 0 Å². The van der Waals surface area contributed by atoms with E-state index in [-0.39, 0.29) is 10.6 Å². The minimum Gasteiger partial charge on any atom is -0.324 e. The summed E-state index contributed by atoms with van der Waals surface area (Å²) in [5.74, 6) is 0. The van der Waals surface area contributed by atoms with E-state index in [2.05, 4.69) is 14.9 Å². The SMILES string of the molecule is CC(C)(C)c1nnoc1Cl. The molecule has 0 atom stereocenters. The fourth-order valence-electron chi connectivity index (χ4n) is 0.624. The molecule has 0 amide bonds. The number of rotatable bonds is 0. The summed E-state index contributed by atoms with van der Waals surface area (Å²) >= 11 is 5.63. The van der Waals surface area contributed by atoms with Gasteiger partial charge in [0.2, 0.25) is 5.22 Å². The molecule has 10 heavy (non-hydrogen) atoms. The Kier molecular flexibility index (Phi) is 1.68. The first-order valence-electron chi connectivity index (χ1n) is 3.00. The number of halogens is 1. The van der Waals surface area contributed by atoms with Crippen LogP contribution in [0.5, 0.6) is 0 Å². The lowest BCUT2D eigenvalue weighted by molar-refractivity contribution is 0.394. The first-order chi connectivity index (χ1) is 4.52. The fraction of sp³-hybridized carbons (Fsp3) is 0.667. The van der Waals surface area contributed by atoms with E-state index in [0.29, 0.717) is 5.69 Å². The molecule has 56 valence electrons. The van der Waals surface area contributed by atoms with E-state index in [1.807, 2.05) is 20.8 Å². The van der Waals surface area contributed by atoms with Crippen molar-refractivity contribution in [2.75, 3.05) is 0 Å². The molecule has 0 saturated carbocycles. The summed E-state index contributed by atoms with van der Waals surface area (Å²) in [6.45, 7) is 6.00. The Balaban J connectivity index is 3.05. The lowest BCUT2D eigenvalue weighted by atomic mass is 9.93. The molecular formula is C6H9ClN2O. The standard InChI is InChI=1S/C6H9ClN2O/c1-6(2,3)4-5(7)10-9-8-4/h1-3H3. The molecule has 0 bridgehead atoms. The largest absolute Gasteiger partial charge is 0.324 e. The molecule has 0 fully saturated rings. The Hall–Kier alpha value is -0.570. The molecule has 0 aliphatic carbocycles. The second kappa shape index (κ2) is 2.23. The Morgan fingerprint density at radius 2 is 2.00 bits per heavy atom. The van der Waals surface area contributed by atoms with Gasteiger partial charge in [0, 0.05) is 10.7 Å². The van der Waals surface area contributed by atoms with Crippen LogP contribution < -0.4 is 0 Å². The highest BCUT2D eigenvalue weighted by Crippen LogP contribution is 2.26. The van der Waals surface area contributed by atoms with Crippen molar-refractivity contribution in [1.29, 1.82) is 0 Å². The van der Waals surface area contributed by atoms with Gasteiger partial charge in [-0.1, -0.05) is 20.8 Å². The van der Waals surface area contributed by atoms with Crippen molar-refractivity contribution in [3.63, 3.8) is 0 Å². The molecule has 0 saturated heterocycles. The van der Waals surface area contributed by atoms with Crippen LogP contribution in [0.2, 0.25) is 5.22 Å². The van der Waals surface area contributed by atoms with Crippen LogP contribution in [0.25, 0.3) is 0 Å². The third-order valence-corrected chi connectivity index (χ3v) is 1.41. The van der Waals surface area contributed by atoms with E-state index >= 15 is 0 Å².